The molecule has 2 N–H and O–H groups in total. The van der Waals surface area contributed by atoms with Crippen molar-refractivity contribution in [3.8, 4) is 22.8 Å². The van der Waals surface area contributed by atoms with E-state index in [4.69, 9.17) is 4.52 Å². The highest BCUT2D eigenvalue weighted by Gasteiger charge is 2.18. The van der Waals surface area contributed by atoms with Gasteiger partial charge in [0, 0.05) is 30.1 Å². The molecule has 2 amide bonds. The van der Waals surface area contributed by atoms with Gasteiger partial charge in [0.25, 0.3) is 5.89 Å². The Labute approximate surface area is 204 Å². The number of rotatable bonds is 6. The molecule has 0 aliphatic carbocycles. The van der Waals surface area contributed by atoms with Crippen LogP contribution in [-0.2, 0) is 16.1 Å². The maximum atomic E-state index is 12.9. The van der Waals surface area contributed by atoms with Crippen LogP contribution in [-0.4, -0.2) is 36.1 Å². The van der Waals surface area contributed by atoms with Crippen molar-refractivity contribution in [2.24, 2.45) is 0 Å². The zero-order valence-corrected chi connectivity index (χ0v) is 19.4. The van der Waals surface area contributed by atoms with E-state index in [1.165, 1.54) is 11.3 Å². The molecule has 0 bridgehead atoms. The average Bonchev–Trinajstić information content (AvgIpc) is 3.45. The maximum absolute atomic E-state index is 12.9. The van der Waals surface area contributed by atoms with Crippen molar-refractivity contribution in [3.05, 3.63) is 82.9 Å². The van der Waals surface area contributed by atoms with Gasteiger partial charge in [-0.05, 0) is 37.3 Å². The molecule has 0 saturated heterocycles. The van der Waals surface area contributed by atoms with E-state index in [1.807, 2.05) is 31.2 Å². The minimum Gasteiger partial charge on any atom is -0.333 e. The van der Waals surface area contributed by atoms with E-state index < -0.39 is 11.6 Å². The van der Waals surface area contributed by atoms with Crippen molar-refractivity contribution in [2.75, 3.05) is 10.6 Å². The summed E-state index contributed by atoms with van der Waals surface area (Å²) in [4.78, 5) is 41.3. The topological polar surface area (TPSA) is 136 Å². The molecule has 0 radical (unpaired) electrons. The number of nitrogens with zero attached hydrogens (tertiary/aromatic N) is 5. The second-order valence-electron chi connectivity index (χ2n) is 8.16. The molecule has 0 fully saturated rings. The number of aromatic nitrogens is 5. The molecular formula is C25H21N7O4. The van der Waals surface area contributed by atoms with Crippen molar-refractivity contribution in [1.82, 2.24) is 24.3 Å². The zero-order chi connectivity index (χ0) is 25.2. The van der Waals surface area contributed by atoms with E-state index in [2.05, 4.69) is 25.9 Å². The first-order valence-corrected chi connectivity index (χ1v) is 11.0. The lowest BCUT2D eigenvalue weighted by atomic mass is 10.1. The van der Waals surface area contributed by atoms with E-state index >= 15 is 0 Å². The van der Waals surface area contributed by atoms with E-state index in [0.29, 0.717) is 22.8 Å². The van der Waals surface area contributed by atoms with Gasteiger partial charge in [-0.2, -0.15) is 4.98 Å². The summed E-state index contributed by atoms with van der Waals surface area (Å²) >= 11 is 0. The Bertz CT molecular complexity index is 1650. The van der Waals surface area contributed by atoms with Gasteiger partial charge in [-0.15, -0.1) is 5.10 Å². The first kappa shape index (κ1) is 22.7. The molecule has 0 spiro atoms. The van der Waals surface area contributed by atoms with Gasteiger partial charge in [0.1, 0.15) is 6.54 Å². The maximum Gasteiger partial charge on any atom is 0.350 e. The number of pyridine rings is 1. The summed E-state index contributed by atoms with van der Waals surface area (Å²) < 4.78 is 7.83. The van der Waals surface area contributed by atoms with E-state index in [1.54, 1.807) is 42.6 Å². The molecule has 36 heavy (non-hydrogen) atoms. The fourth-order valence-corrected chi connectivity index (χ4v) is 3.68. The van der Waals surface area contributed by atoms with Crippen LogP contribution < -0.4 is 16.3 Å². The second kappa shape index (κ2) is 9.29. The molecule has 0 aliphatic heterocycles. The van der Waals surface area contributed by atoms with Crippen LogP contribution in [0.5, 0.6) is 0 Å². The highest BCUT2D eigenvalue weighted by atomic mass is 16.5. The Kier molecular flexibility index (Phi) is 5.87. The third kappa shape index (κ3) is 4.62. The molecule has 5 rings (SSSR count). The minimum atomic E-state index is -0.493. The van der Waals surface area contributed by atoms with Crippen molar-refractivity contribution in [2.45, 2.75) is 20.4 Å². The molecule has 180 valence electrons. The van der Waals surface area contributed by atoms with Crippen molar-refractivity contribution >= 4 is 28.8 Å². The number of hydrogen-bond acceptors (Lipinski definition) is 7. The van der Waals surface area contributed by atoms with Crippen molar-refractivity contribution in [3.63, 3.8) is 0 Å². The molecule has 0 unspecified atom stereocenters. The first-order valence-electron chi connectivity index (χ1n) is 11.0. The molecule has 0 aliphatic rings. The van der Waals surface area contributed by atoms with Gasteiger partial charge in [0.15, 0.2) is 5.65 Å². The predicted molar refractivity (Wildman–Crippen MR) is 132 cm³/mol. The van der Waals surface area contributed by atoms with Crippen LogP contribution in [0.3, 0.4) is 0 Å². The molecular weight excluding hydrogens is 462 g/mol. The SMILES string of the molecule is CC(=O)Nc1cccc(NC(=O)Cn2nc3c(-c4nc(-c5ccc(C)cc5)no4)cccn3c2=O)c1. The standard InChI is InChI=1S/C25H21N7O4/c1-15-8-10-17(11-9-15)22-28-24(36-30-22)20-7-4-12-31-23(20)29-32(25(31)35)14-21(34)27-19-6-3-5-18(13-19)26-16(2)33/h3-13H,14H2,1-2H3,(H,26,33)(H,27,34). The van der Waals surface area contributed by atoms with E-state index in [9.17, 15) is 14.4 Å². The van der Waals surface area contributed by atoms with Crippen LogP contribution in [0.1, 0.15) is 12.5 Å². The van der Waals surface area contributed by atoms with Crippen molar-refractivity contribution < 1.29 is 14.1 Å². The highest BCUT2D eigenvalue weighted by Crippen LogP contribution is 2.24. The summed E-state index contributed by atoms with van der Waals surface area (Å²) in [6.07, 6.45) is 1.55. The summed E-state index contributed by atoms with van der Waals surface area (Å²) in [5.41, 5.74) is 3.17. The average molecular weight is 483 g/mol. The Morgan fingerprint density at radius 2 is 1.75 bits per heavy atom. The number of hydrogen-bond donors (Lipinski definition) is 2. The molecule has 5 aromatic rings. The van der Waals surface area contributed by atoms with Crippen LogP contribution >= 0.6 is 0 Å². The third-order valence-corrected chi connectivity index (χ3v) is 5.34. The number of carbonyl (C=O) groups excluding carboxylic acids is 2. The molecule has 0 saturated carbocycles. The summed E-state index contributed by atoms with van der Waals surface area (Å²) in [6.45, 7) is 3.07. The monoisotopic (exact) mass is 483 g/mol. The summed E-state index contributed by atoms with van der Waals surface area (Å²) in [7, 11) is 0. The molecule has 0 atom stereocenters. The van der Waals surface area contributed by atoms with E-state index in [-0.39, 0.29) is 24.0 Å². The van der Waals surface area contributed by atoms with Gasteiger partial charge in [-0.3, -0.25) is 9.59 Å². The summed E-state index contributed by atoms with van der Waals surface area (Å²) in [5.74, 6) is -0.0681. The number of benzene rings is 2. The minimum absolute atomic E-state index is 0.201. The molecule has 3 aromatic heterocycles. The highest BCUT2D eigenvalue weighted by molar-refractivity contribution is 5.93. The molecule has 3 heterocycles. The fraction of sp³-hybridized carbons (Fsp3) is 0.120. The lowest BCUT2D eigenvalue weighted by Crippen LogP contribution is -2.28. The smallest absolute Gasteiger partial charge is 0.333 e. The van der Waals surface area contributed by atoms with Gasteiger partial charge < -0.3 is 15.2 Å². The Hall–Kier alpha value is -5.06. The van der Waals surface area contributed by atoms with Gasteiger partial charge in [0.05, 0.1) is 5.56 Å². The van der Waals surface area contributed by atoms with Gasteiger partial charge in [0.2, 0.25) is 17.6 Å². The number of nitrogens with one attached hydrogen (secondary N) is 2. The fourth-order valence-electron chi connectivity index (χ4n) is 3.68. The third-order valence-electron chi connectivity index (χ3n) is 5.34. The second-order valence-corrected chi connectivity index (χ2v) is 8.16. The molecule has 2 aromatic carbocycles. The van der Waals surface area contributed by atoms with Crippen LogP contribution in [0.4, 0.5) is 11.4 Å². The van der Waals surface area contributed by atoms with Crippen LogP contribution in [0.2, 0.25) is 0 Å². The summed E-state index contributed by atoms with van der Waals surface area (Å²) in [6, 6.07) is 17.8. The number of fused-ring (bicyclic) bond motifs is 1. The normalized spacial score (nSPS) is 10.9. The number of amides is 2. The Morgan fingerprint density at radius 3 is 2.50 bits per heavy atom. The summed E-state index contributed by atoms with van der Waals surface area (Å²) in [5, 5.41) is 13.8. The predicted octanol–water partition coefficient (Wildman–Crippen LogP) is 3.12. The number of anilines is 2. The van der Waals surface area contributed by atoms with Gasteiger partial charge in [-0.1, -0.05) is 41.1 Å². The Balaban J connectivity index is 1.40. The van der Waals surface area contributed by atoms with Crippen LogP contribution in [0, 0.1) is 6.92 Å². The van der Waals surface area contributed by atoms with Crippen LogP contribution in [0.15, 0.2) is 76.2 Å². The van der Waals surface area contributed by atoms with Gasteiger partial charge >= 0.3 is 5.69 Å². The van der Waals surface area contributed by atoms with Gasteiger partial charge in [-0.25, -0.2) is 13.9 Å². The zero-order valence-electron chi connectivity index (χ0n) is 19.4. The molecule has 11 nitrogen and oxygen atoms in total. The quantitative estimate of drug-likeness (QED) is 0.379. The first-order chi connectivity index (χ1) is 17.4. The lowest BCUT2D eigenvalue weighted by Gasteiger charge is -2.07. The number of carbonyl (C=O) groups is 2. The number of aryl methyl sites for hydroxylation is 1. The molecule has 11 heteroatoms. The van der Waals surface area contributed by atoms with E-state index in [0.717, 1.165) is 15.8 Å². The van der Waals surface area contributed by atoms with Crippen LogP contribution in [0.25, 0.3) is 28.5 Å². The Morgan fingerprint density at radius 1 is 1.00 bits per heavy atom. The largest absolute Gasteiger partial charge is 0.350 e. The van der Waals surface area contributed by atoms with Crippen molar-refractivity contribution in [1.29, 1.82) is 0 Å². The lowest BCUT2D eigenvalue weighted by molar-refractivity contribution is -0.117.